The van der Waals surface area contributed by atoms with Crippen LogP contribution in [0.5, 0.6) is 0 Å². The van der Waals surface area contributed by atoms with Gasteiger partial charge in [0.25, 0.3) is 0 Å². The summed E-state index contributed by atoms with van der Waals surface area (Å²) in [6.07, 6.45) is 0. The van der Waals surface area contributed by atoms with Crippen molar-refractivity contribution in [2.24, 2.45) is 0 Å². The zero-order valence-electron chi connectivity index (χ0n) is 8.20. The molecule has 0 aromatic heterocycles. The molecule has 14 heavy (non-hydrogen) atoms. The van der Waals surface area contributed by atoms with Crippen molar-refractivity contribution < 1.29 is 13.2 Å². The summed E-state index contributed by atoms with van der Waals surface area (Å²) in [4.78, 5) is 0. The monoisotopic (exact) mass is 268 g/mol. The first-order chi connectivity index (χ1) is 6.29. The van der Waals surface area contributed by atoms with E-state index in [1.165, 1.54) is 0 Å². The van der Waals surface area contributed by atoms with Crippen LogP contribution in [-0.2, 0) is 0 Å². The van der Waals surface area contributed by atoms with E-state index in [-0.39, 0.29) is 0 Å². The van der Waals surface area contributed by atoms with Crippen molar-refractivity contribution in [3.8, 4) is 0 Å². The number of hydrogen-bond acceptors (Lipinski definition) is 0. The average Bonchev–Trinajstić information content (AvgIpc) is 1.95. The van der Waals surface area contributed by atoms with Crippen molar-refractivity contribution in [3.05, 3.63) is 28.8 Å². The summed E-state index contributed by atoms with van der Waals surface area (Å²) in [6.45, 7) is 5.37. The van der Waals surface area contributed by atoms with E-state index < -0.39 is 20.0 Å². The number of alkyl halides is 3. The maximum atomic E-state index is 12.2. The standard InChI is InChI=1S/C10H11F3Se/c1-6-4-7(2)9(8(3)5-6)14-10(11,12)13/h4-5H,1-3H3. The Kier molecular flexibility index (Phi) is 3.28. The minimum atomic E-state index is -4.06. The molecule has 0 saturated carbocycles. The summed E-state index contributed by atoms with van der Waals surface area (Å²) in [6, 6.07) is 3.60. The van der Waals surface area contributed by atoms with Gasteiger partial charge in [-0.2, -0.15) is 0 Å². The van der Waals surface area contributed by atoms with Gasteiger partial charge in [0.15, 0.2) is 0 Å². The molecule has 0 heterocycles. The van der Waals surface area contributed by atoms with Crippen LogP contribution in [0, 0.1) is 20.8 Å². The van der Waals surface area contributed by atoms with E-state index in [0.29, 0.717) is 4.46 Å². The molecule has 0 aliphatic rings. The van der Waals surface area contributed by atoms with E-state index >= 15 is 0 Å². The second-order valence-corrected chi connectivity index (χ2v) is 5.53. The van der Waals surface area contributed by atoms with Gasteiger partial charge in [-0.1, -0.05) is 0 Å². The maximum absolute atomic E-state index is 12.2. The Morgan fingerprint density at radius 2 is 1.43 bits per heavy atom. The van der Waals surface area contributed by atoms with Gasteiger partial charge in [0, 0.05) is 0 Å². The normalized spacial score (nSPS) is 11.9. The molecule has 0 saturated heterocycles. The fourth-order valence-electron chi connectivity index (χ4n) is 1.44. The number of aryl methyl sites for hydroxylation is 3. The Hall–Kier alpha value is -0.471. The van der Waals surface area contributed by atoms with Crippen LogP contribution < -0.4 is 4.46 Å². The first-order valence-electron chi connectivity index (χ1n) is 4.13. The van der Waals surface area contributed by atoms with Crippen LogP contribution in [0.3, 0.4) is 0 Å². The second-order valence-electron chi connectivity index (χ2n) is 3.28. The molecule has 0 atom stereocenters. The SMILES string of the molecule is Cc1cc(C)c([Se]C(F)(F)F)c(C)c1. The van der Waals surface area contributed by atoms with Gasteiger partial charge in [0.1, 0.15) is 0 Å². The molecule has 78 valence electrons. The summed E-state index contributed by atoms with van der Waals surface area (Å²) < 4.78 is 37.2. The summed E-state index contributed by atoms with van der Waals surface area (Å²) >= 11 is -1.42. The van der Waals surface area contributed by atoms with Crippen LogP contribution in [0.15, 0.2) is 12.1 Å². The average molecular weight is 267 g/mol. The van der Waals surface area contributed by atoms with Crippen LogP contribution in [0.2, 0.25) is 0 Å². The molecular weight excluding hydrogens is 256 g/mol. The zero-order chi connectivity index (χ0) is 10.9. The second kappa shape index (κ2) is 3.95. The van der Waals surface area contributed by atoms with Gasteiger partial charge in [0.2, 0.25) is 0 Å². The molecule has 0 N–H and O–H groups in total. The molecule has 0 radical (unpaired) electrons. The Labute approximate surface area is 87.7 Å². The van der Waals surface area contributed by atoms with Gasteiger partial charge < -0.3 is 0 Å². The Balaban J connectivity index is 3.09. The summed E-state index contributed by atoms with van der Waals surface area (Å²) in [7, 11) is 0. The predicted molar refractivity (Wildman–Crippen MR) is 52.1 cm³/mol. The molecule has 0 aliphatic carbocycles. The quantitative estimate of drug-likeness (QED) is 0.686. The molecule has 0 aliphatic heterocycles. The van der Waals surface area contributed by atoms with Crippen molar-refractivity contribution in [1.29, 1.82) is 0 Å². The molecule has 0 unspecified atom stereocenters. The number of rotatable bonds is 1. The molecule has 0 amide bonds. The van der Waals surface area contributed by atoms with E-state index in [2.05, 4.69) is 0 Å². The number of benzene rings is 1. The van der Waals surface area contributed by atoms with Crippen LogP contribution >= 0.6 is 0 Å². The molecule has 0 bridgehead atoms. The van der Waals surface area contributed by atoms with Crippen molar-refractivity contribution in [2.45, 2.75) is 25.8 Å². The Morgan fingerprint density at radius 3 is 1.79 bits per heavy atom. The van der Waals surface area contributed by atoms with Crippen LogP contribution in [0.25, 0.3) is 0 Å². The van der Waals surface area contributed by atoms with E-state index in [1.807, 2.05) is 6.92 Å². The molecule has 1 aromatic rings. The molecule has 0 nitrogen and oxygen atoms in total. The van der Waals surface area contributed by atoms with Gasteiger partial charge in [-0.3, -0.25) is 0 Å². The van der Waals surface area contributed by atoms with Gasteiger partial charge in [-0.15, -0.1) is 0 Å². The summed E-state index contributed by atoms with van der Waals surface area (Å²) in [5.74, 6) is 0. The number of halogens is 3. The van der Waals surface area contributed by atoms with Crippen molar-refractivity contribution in [2.75, 3.05) is 0 Å². The van der Waals surface area contributed by atoms with E-state index in [4.69, 9.17) is 0 Å². The molecule has 0 spiro atoms. The Bertz CT molecular complexity index is 319. The summed E-state index contributed by atoms with van der Waals surface area (Å²) in [5, 5.41) is -4.06. The third kappa shape index (κ3) is 3.03. The Morgan fingerprint density at radius 1 is 1.00 bits per heavy atom. The molecule has 0 fully saturated rings. The third-order valence-corrected chi connectivity index (χ3v) is 4.09. The fraction of sp³-hybridized carbons (Fsp3) is 0.400. The molecule has 4 heteroatoms. The van der Waals surface area contributed by atoms with Gasteiger partial charge in [-0.25, -0.2) is 0 Å². The van der Waals surface area contributed by atoms with E-state index in [9.17, 15) is 13.2 Å². The van der Waals surface area contributed by atoms with Gasteiger partial charge in [-0.05, 0) is 0 Å². The van der Waals surface area contributed by atoms with E-state index in [1.54, 1.807) is 26.0 Å². The van der Waals surface area contributed by atoms with Crippen LogP contribution in [0.4, 0.5) is 13.2 Å². The number of hydrogen-bond donors (Lipinski definition) is 0. The topological polar surface area (TPSA) is 0 Å². The fourth-order valence-corrected chi connectivity index (χ4v) is 2.85. The summed E-state index contributed by atoms with van der Waals surface area (Å²) in [5.41, 5.74) is 2.52. The minimum absolute atomic E-state index is 0.468. The molecular formula is C10H11F3Se. The predicted octanol–water partition coefficient (Wildman–Crippen LogP) is 2.46. The molecule has 1 aromatic carbocycles. The van der Waals surface area contributed by atoms with Crippen molar-refractivity contribution >= 4 is 19.4 Å². The first-order valence-corrected chi connectivity index (χ1v) is 5.84. The van der Waals surface area contributed by atoms with Crippen LogP contribution in [-0.4, -0.2) is 20.0 Å². The van der Waals surface area contributed by atoms with Gasteiger partial charge >= 0.3 is 87.3 Å². The van der Waals surface area contributed by atoms with Crippen molar-refractivity contribution in [3.63, 3.8) is 0 Å². The van der Waals surface area contributed by atoms with E-state index in [0.717, 1.165) is 16.7 Å². The van der Waals surface area contributed by atoms with Crippen molar-refractivity contribution in [1.82, 2.24) is 0 Å². The third-order valence-electron chi connectivity index (χ3n) is 1.82. The first kappa shape index (κ1) is 11.6. The van der Waals surface area contributed by atoms with Crippen LogP contribution in [0.1, 0.15) is 16.7 Å². The van der Waals surface area contributed by atoms with Gasteiger partial charge in [0.05, 0.1) is 0 Å². The zero-order valence-corrected chi connectivity index (χ0v) is 9.91. The molecule has 1 rings (SSSR count).